The van der Waals surface area contributed by atoms with Crippen molar-refractivity contribution in [2.75, 3.05) is 27.2 Å². The SMILES string of the molecule is COc1c(C)cc(Cl)cc1CCN(C)CCC#N. The number of ether oxygens (including phenoxy) is 1. The van der Waals surface area contributed by atoms with Gasteiger partial charge >= 0.3 is 0 Å². The van der Waals surface area contributed by atoms with Gasteiger partial charge in [0.05, 0.1) is 13.2 Å². The average molecular weight is 267 g/mol. The third-order valence-corrected chi connectivity index (χ3v) is 3.11. The number of hydrogen-bond acceptors (Lipinski definition) is 3. The number of methoxy groups -OCH3 is 1. The summed E-state index contributed by atoms with van der Waals surface area (Å²) in [5.74, 6) is 0.910. The van der Waals surface area contributed by atoms with Crippen LogP contribution in [-0.2, 0) is 6.42 Å². The van der Waals surface area contributed by atoms with Gasteiger partial charge in [-0.3, -0.25) is 0 Å². The Morgan fingerprint density at radius 1 is 1.39 bits per heavy atom. The first-order valence-electron chi connectivity index (χ1n) is 5.97. The third kappa shape index (κ3) is 4.21. The van der Waals surface area contributed by atoms with Crippen LogP contribution in [0.25, 0.3) is 0 Å². The fourth-order valence-electron chi connectivity index (χ4n) is 1.94. The highest BCUT2D eigenvalue weighted by molar-refractivity contribution is 6.30. The second kappa shape index (κ2) is 7.25. The van der Waals surface area contributed by atoms with Crippen LogP contribution in [0.1, 0.15) is 17.5 Å². The van der Waals surface area contributed by atoms with Gasteiger partial charge in [-0.05, 0) is 43.7 Å². The molecule has 0 fully saturated rings. The maximum absolute atomic E-state index is 8.54. The highest BCUT2D eigenvalue weighted by Gasteiger charge is 2.09. The van der Waals surface area contributed by atoms with Crippen molar-refractivity contribution in [3.05, 3.63) is 28.3 Å². The lowest BCUT2D eigenvalue weighted by Crippen LogP contribution is -2.22. The number of nitriles is 1. The smallest absolute Gasteiger partial charge is 0.125 e. The molecular formula is C14H19ClN2O. The summed E-state index contributed by atoms with van der Waals surface area (Å²) in [5.41, 5.74) is 2.17. The normalized spacial score (nSPS) is 10.4. The predicted molar refractivity (Wildman–Crippen MR) is 74.2 cm³/mol. The molecule has 3 nitrogen and oxygen atoms in total. The predicted octanol–water partition coefficient (Wildman–Crippen LogP) is 3.05. The van der Waals surface area contributed by atoms with Crippen molar-refractivity contribution < 1.29 is 4.74 Å². The first-order valence-corrected chi connectivity index (χ1v) is 6.34. The van der Waals surface area contributed by atoms with E-state index in [4.69, 9.17) is 21.6 Å². The molecule has 0 atom stereocenters. The number of likely N-dealkylation sites (N-methyl/N-ethyl adjacent to an activating group) is 1. The van der Waals surface area contributed by atoms with Crippen LogP contribution in [0, 0.1) is 18.3 Å². The van der Waals surface area contributed by atoms with Gasteiger partial charge in [-0.1, -0.05) is 11.6 Å². The summed E-state index contributed by atoms with van der Waals surface area (Å²) in [6.07, 6.45) is 1.43. The Labute approximate surface area is 114 Å². The lowest BCUT2D eigenvalue weighted by atomic mass is 10.1. The number of benzene rings is 1. The highest BCUT2D eigenvalue weighted by Crippen LogP contribution is 2.27. The molecule has 4 heteroatoms. The minimum absolute atomic E-state index is 0.558. The van der Waals surface area contributed by atoms with E-state index in [0.29, 0.717) is 6.42 Å². The fourth-order valence-corrected chi connectivity index (χ4v) is 2.24. The Morgan fingerprint density at radius 3 is 2.72 bits per heavy atom. The number of halogens is 1. The largest absolute Gasteiger partial charge is 0.496 e. The van der Waals surface area contributed by atoms with Gasteiger partial charge in [0.1, 0.15) is 5.75 Å². The molecule has 18 heavy (non-hydrogen) atoms. The van der Waals surface area contributed by atoms with Crippen molar-refractivity contribution in [2.24, 2.45) is 0 Å². The Balaban J connectivity index is 2.69. The molecule has 0 spiro atoms. The number of hydrogen-bond donors (Lipinski definition) is 0. The average Bonchev–Trinajstić information content (AvgIpc) is 2.33. The molecule has 0 aromatic heterocycles. The third-order valence-electron chi connectivity index (χ3n) is 2.89. The monoisotopic (exact) mass is 266 g/mol. The van der Waals surface area contributed by atoms with E-state index in [0.717, 1.165) is 41.4 Å². The summed E-state index contributed by atoms with van der Waals surface area (Å²) in [4.78, 5) is 2.14. The zero-order valence-corrected chi connectivity index (χ0v) is 11.9. The van der Waals surface area contributed by atoms with E-state index in [-0.39, 0.29) is 0 Å². The second-order valence-electron chi connectivity index (χ2n) is 4.38. The molecular weight excluding hydrogens is 248 g/mol. The van der Waals surface area contributed by atoms with Crippen molar-refractivity contribution in [2.45, 2.75) is 19.8 Å². The van der Waals surface area contributed by atoms with E-state index in [1.54, 1.807) is 7.11 Å². The Kier molecular flexibility index (Phi) is 5.97. The van der Waals surface area contributed by atoms with Crippen LogP contribution < -0.4 is 4.74 Å². The van der Waals surface area contributed by atoms with E-state index in [1.165, 1.54) is 0 Å². The van der Waals surface area contributed by atoms with Gasteiger partial charge in [0.2, 0.25) is 0 Å². The number of rotatable bonds is 6. The molecule has 1 aromatic carbocycles. The number of nitrogens with zero attached hydrogens (tertiary/aromatic N) is 2. The van der Waals surface area contributed by atoms with Crippen LogP contribution in [0.5, 0.6) is 5.75 Å². The molecule has 0 unspecified atom stereocenters. The van der Waals surface area contributed by atoms with Gasteiger partial charge in [0, 0.05) is 24.5 Å². The summed E-state index contributed by atoms with van der Waals surface area (Å²) >= 11 is 6.07. The maximum atomic E-state index is 8.54. The van der Waals surface area contributed by atoms with Crippen LogP contribution in [0.3, 0.4) is 0 Å². The summed E-state index contributed by atoms with van der Waals surface area (Å²) < 4.78 is 5.42. The van der Waals surface area contributed by atoms with E-state index < -0.39 is 0 Å². The van der Waals surface area contributed by atoms with Gasteiger partial charge in [-0.15, -0.1) is 0 Å². The van der Waals surface area contributed by atoms with Crippen LogP contribution in [0.15, 0.2) is 12.1 Å². The first-order chi connectivity index (χ1) is 8.58. The van der Waals surface area contributed by atoms with Crippen LogP contribution in [0.4, 0.5) is 0 Å². The summed E-state index contributed by atoms with van der Waals surface area (Å²) in [6, 6.07) is 6.01. The Bertz CT molecular complexity index is 440. The zero-order chi connectivity index (χ0) is 13.5. The highest BCUT2D eigenvalue weighted by atomic mass is 35.5. The van der Waals surface area contributed by atoms with E-state index in [1.807, 2.05) is 26.1 Å². The van der Waals surface area contributed by atoms with Gasteiger partial charge in [-0.25, -0.2) is 0 Å². The van der Waals surface area contributed by atoms with Crippen LogP contribution in [-0.4, -0.2) is 32.1 Å². The van der Waals surface area contributed by atoms with Crippen molar-refractivity contribution in [3.63, 3.8) is 0 Å². The van der Waals surface area contributed by atoms with Gasteiger partial charge in [0.25, 0.3) is 0 Å². The molecule has 0 radical (unpaired) electrons. The maximum Gasteiger partial charge on any atom is 0.125 e. The molecule has 0 amide bonds. The van der Waals surface area contributed by atoms with E-state index >= 15 is 0 Å². The summed E-state index contributed by atoms with van der Waals surface area (Å²) in [7, 11) is 3.69. The quantitative estimate of drug-likeness (QED) is 0.794. The van der Waals surface area contributed by atoms with Crippen LogP contribution in [0.2, 0.25) is 5.02 Å². The molecule has 0 aliphatic rings. The van der Waals surface area contributed by atoms with Crippen molar-refractivity contribution in [1.29, 1.82) is 5.26 Å². The molecule has 0 saturated heterocycles. The molecule has 0 saturated carbocycles. The fraction of sp³-hybridized carbons (Fsp3) is 0.500. The first kappa shape index (κ1) is 14.8. The molecule has 0 N–H and O–H groups in total. The Morgan fingerprint density at radius 2 is 2.11 bits per heavy atom. The lowest BCUT2D eigenvalue weighted by molar-refractivity contribution is 0.342. The molecule has 0 bridgehead atoms. The minimum atomic E-state index is 0.558. The van der Waals surface area contributed by atoms with Gasteiger partial charge in [-0.2, -0.15) is 5.26 Å². The zero-order valence-electron chi connectivity index (χ0n) is 11.2. The molecule has 1 rings (SSSR count). The summed E-state index contributed by atoms with van der Waals surface area (Å²) in [6.45, 7) is 3.67. The minimum Gasteiger partial charge on any atom is -0.496 e. The van der Waals surface area contributed by atoms with Crippen LogP contribution >= 0.6 is 11.6 Å². The van der Waals surface area contributed by atoms with Crippen molar-refractivity contribution >= 4 is 11.6 Å². The van der Waals surface area contributed by atoms with Gasteiger partial charge in [0.15, 0.2) is 0 Å². The van der Waals surface area contributed by atoms with Crippen molar-refractivity contribution in [3.8, 4) is 11.8 Å². The Hall–Kier alpha value is -1.24. The molecule has 0 aliphatic heterocycles. The van der Waals surface area contributed by atoms with Crippen molar-refractivity contribution in [1.82, 2.24) is 4.90 Å². The van der Waals surface area contributed by atoms with Gasteiger partial charge < -0.3 is 9.64 Å². The molecule has 0 aliphatic carbocycles. The molecule has 0 heterocycles. The topological polar surface area (TPSA) is 36.3 Å². The number of aryl methyl sites for hydroxylation is 1. The van der Waals surface area contributed by atoms with E-state index in [2.05, 4.69) is 11.0 Å². The van der Waals surface area contributed by atoms with E-state index in [9.17, 15) is 0 Å². The molecule has 98 valence electrons. The summed E-state index contributed by atoms with van der Waals surface area (Å²) in [5, 5.41) is 9.28. The lowest BCUT2D eigenvalue weighted by Gasteiger charge is -2.17. The molecule has 1 aromatic rings. The second-order valence-corrected chi connectivity index (χ2v) is 4.81. The standard InChI is InChI=1S/C14H19ClN2O/c1-11-9-13(15)10-12(14(11)18-3)5-8-17(2)7-4-6-16/h9-10H,4-5,7-8H2,1-3H3.